The molecule has 2 aliphatic rings. The zero-order valence-electron chi connectivity index (χ0n) is 11.9. The molecule has 0 spiro atoms. The van der Waals surface area contributed by atoms with Gasteiger partial charge in [-0.3, -0.25) is 0 Å². The molecule has 1 saturated heterocycles. The molecule has 1 aromatic carbocycles. The number of piperazine rings is 1. The Bertz CT molecular complexity index is 669. The number of para-hydroxylation sites is 2. The number of hydrogen-bond acceptors (Lipinski definition) is 6. The van der Waals surface area contributed by atoms with E-state index in [9.17, 15) is 0 Å². The number of rotatable bonds is 1. The van der Waals surface area contributed by atoms with Crippen molar-refractivity contribution < 1.29 is 4.74 Å². The van der Waals surface area contributed by atoms with Gasteiger partial charge in [0.15, 0.2) is 11.6 Å². The molecule has 0 saturated carbocycles. The number of hydrogen-bond donors (Lipinski definition) is 1. The Morgan fingerprint density at radius 1 is 1.10 bits per heavy atom. The first-order valence-electron chi connectivity index (χ1n) is 7.17. The van der Waals surface area contributed by atoms with E-state index in [2.05, 4.69) is 31.4 Å². The van der Waals surface area contributed by atoms with Gasteiger partial charge in [-0.1, -0.05) is 12.1 Å². The van der Waals surface area contributed by atoms with Crippen molar-refractivity contribution in [3.05, 3.63) is 30.3 Å². The number of aromatic nitrogens is 2. The molecule has 4 rings (SSSR count). The molecule has 0 bridgehead atoms. The zero-order valence-corrected chi connectivity index (χ0v) is 11.9. The fourth-order valence-corrected chi connectivity index (χ4v) is 2.78. The van der Waals surface area contributed by atoms with E-state index in [1.165, 1.54) is 0 Å². The molecule has 21 heavy (non-hydrogen) atoms. The summed E-state index contributed by atoms with van der Waals surface area (Å²) in [5, 5.41) is 11.9. The summed E-state index contributed by atoms with van der Waals surface area (Å²) in [5.41, 5.74) is 2.00. The molecule has 3 heterocycles. The van der Waals surface area contributed by atoms with Crippen LogP contribution in [0.25, 0.3) is 0 Å². The van der Waals surface area contributed by atoms with E-state index < -0.39 is 0 Å². The monoisotopic (exact) mass is 283 g/mol. The van der Waals surface area contributed by atoms with E-state index in [0.717, 1.165) is 49.1 Å². The second-order valence-electron chi connectivity index (χ2n) is 5.26. The van der Waals surface area contributed by atoms with Crippen molar-refractivity contribution in [3.63, 3.8) is 0 Å². The van der Waals surface area contributed by atoms with Gasteiger partial charge in [-0.05, 0) is 12.1 Å². The maximum absolute atomic E-state index is 5.84. The molecule has 108 valence electrons. The molecule has 2 aromatic rings. The van der Waals surface area contributed by atoms with Crippen LogP contribution in [0.3, 0.4) is 0 Å². The first kappa shape index (κ1) is 12.4. The molecule has 2 aliphatic heterocycles. The van der Waals surface area contributed by atoms with Crippen LogP contribution in [0.4, 0.5) is 17.2 Å². The number of fused-ring (bicyclic) bond motifs is 2. The van der Waals surface area contributed by atoms with Crippen LogP contribution in [0.1, 0.15) is 0 Å². The van der Waals surface area contributed by atoms with Gasteiger partial charge in [0.1, 0.15) is 5.69 Å². The Morgan fingerprint density at radius 2 is 1.90 bits per heavy atom. The number of ether oxygens (including phenoxy) is 1. The van der Waals surface area contributed by atoms with Crippen LogP contribution in [-0.4, -0.2) is 43.4 Å². The van der Waals surface area contributed by atoms with Crippen LogP contribution in [0, 0.1) is 0 Å². The summed E-state index contributed by atoms with van der Waals surface area (Å²) in [4.78, 5) is 4.35. The van der Waals surface area contributed by atoms with Gasteiger partial charge in [0, 0.05) is 39.3 Å². The molecule has 0 radical (unpaired) electrons. The Hall–Kier alpha value is -2.34. The van der Waals surface area contributed by atoms with Gasteiger partial charge in [0.2, 0.25) is 0 Å². The summed E-state index contributed by atoms with van der Waals surface area (Å²) < 4.78 is 5.84. The van der Waals surface area contributed by atoms with E-state index in [1.54, 1.807) is 0 Å². The zero-order chi connectivity index (χ0) is 14.2. The quantitative estimate of drug-likeness (QED) is 0.860. The van der Waals surface area contributed by atoms with Crippen molar-refractivity contribution in [1.29, 1.82) is 0 Å². The van der Waals surface area contributed by atoms with Gasteiger partial charge in [0.25, 0.3) is 5.88 Å². The number of anilines is 3. The fraction of sp³-hybridized carbons (Fsp3) is 0.333. The van der Waals surface area contributed by atoms with Crippen molar-refractivity contribution in [2.75, 3.05) is 43.0 Å². The highest BCUT2D eigenvalue weighted by molar-refractivity contribution is 5.77. The highest BCUT2D eigenvalue weighted by Crippen LogP contribution is 2.44. The average molecular weight is 283 g/mol. The number of benzene rings is 1. The highest BCUT2D eigenvalue weighted by atomic mass is 16.5. The molecule has 1 N–H and O–H groups in total. The molecular formula is C15H17N5O. The van der Waals surface area contributed by atoms with Gasteiger partial charge in [-0.15, -0.1) is 10.2 Å². The third-order valence-electron chi connectivity index (χ3n) is 3.96. The molecule has 1 aromatic heterocycles. The van der Waals surface area contributed by atoms with Crippen molar-refractivity contribution in [2.45, 2.75) is 0 Å². The van der Waals surface area contributed by atoms with Crippen LogP contribution in [0.5, 0.6) is 11.6 Å². The molecular weight excluding hydrogens is 266 g/mol. The van der Waals surface area contributed by atoms with E-state index >= 15 is 0 Å². The predicted octanol–water partition coefficient (Wildman–Crippen LogP) is 1.76. The van der Waals surface area contributed by atoms with Crippen LogP contribution < -0.4 is 19.9 Å². The Kier molecular flexibility index (Phi) is 2.89. The first-order chi connectivity index (χ1) is 10.3. The lowest BCUT2D eigenvalue weighted by atomic mass is 10.2. The van der Waals surface area contributed by atoms with Crippen LogP contribution in [0.15, 0.2) is 30.3 Å². The van der Waals surface area contributed by atoms with E-state index in [0.29, 0.717) is 5.88 Å². The van der Waals surface area contributed by atoms with Crippen LogP contribution >= 0.6 is 0 Å². The van der Waals surface area contributed by atoms with Gasteiger partial charge in [-0.2, -0.15) is 0 Å². The maximum atomic E-state index is 5.84. The normalized spacial score (nSPS) is 17.0. The van der Waals surface area contributed by atoms with Gasteiger partial charge < -0.3 is 19.9 Å². The summed E-state index contributed by atoms with van der Waals surface area (Å²) in [7, 11) is 2.03. The lowest BCUT2D eigenvalue weighted by Gasteiger charge is -2.31. The van der Waals surface area contributed by atoms with Crippen LogP contribution in [0.2, 0.25) is 0 Å². The Balaban J connectivity index is 1.71. The van der Waals surface area contributed by atoms with E-state index in [1.807, 2.05) is 31.3 Å². The summed E-state index contributed by atoms with van der Waals surface area (Å²) in [6, 6.07) is 10.0. The summed E-state index contributed by atoms with van der Waals surface area (Å²) in [6.45, 7) is 3.87. The lowest BCUT2D eigenvalue weighted by Crippen LogP contribution is -2.44. The second-order valence-corrected chi connectivity index (χ2v) is 5.26. The smallest absolute Gasteiger partial charge is 0.263 e. The van der Waals surface area contributed by atoms with E-state index in [4.69, 9.17) is 4.74 Å². The lowest BCUT2D eigenvalue weighted by molar-refractivity contribution is 0.448. The SMILES string of the molecule is CN1c2ccccc2Oc2nnc(N3CCNCC3)cc21. The van der Waals surface area contributed by atoms with Gasteiger partial charge >= 0.3 is 0 Å². The van der Waals surface area contributed by atoms with Crippen molar-refractivity contribution >= 4 is 17.2 Å². The Morgan fingerprint density at radius 3 is 2.76 bits per heavy atom. The van der Waals surface area contributed by atoms with Gasteiger partial charge in [-0.25, -0.2) is 0 Å². The Labute approximate surface area is 123 Å². The fourth-order valence-electron chi connectivity index (χ4n) is 2.78. The summed E-state index contributed by atoms with van der Waals surface area (Å²) in [6.07, 6.45) is 0. The number of nitrogens with one attached hydrogen (secondary N) is 1. The molecule has 0 aliphatic carbocycles. The first-order valence-corrected chi connectivity index (χ1v) is 7.17. The molecule has 0 unspecified atom stereocenters. The molecule has 1 fully saturated rings. The molecule has 0 amide bonds. The average Bonchev–Trinajstić information content (AvgIpc) is 2.56. The summed E-state index contributed by atoms with van der Waals surface area (Å²) in [5.74, 6) is 2.29. The second kappa shape index (κ2) is 4.89. The molecule has 6 nitrogen and oxygen atoms in total. The minimum Gasteiger partial charge on any atom is -0.434 e. The maximum Gasteiger partial charge on any atom is 0.263 e. The standard InChI is InChI=1S/C15H17N5O/c1-19-11-4-2-3-5-13(11)21-15-12(19)10-14(17-18-15)20-8-6-16-7-9-20/h2-5,10,16H,6-9H2,1H3. The van der Waals surface area contributed by atoms with E-state index in [-0.39, 0.29) is 0 Å². The van der Waals surface area contributed by atoms with Crippen molar-refractivity contribution in [2.24, 2.45) is 0 Å². The number of nitrogens with zero attached hydrogens (tertiary/aromatic N) is 4. The van der Waals surface area contributed by atoms with Crippen LogP contribution in [-0.2, 0) is 0 Å². The van der Waals surface area contributed by atoms with Crippen molar-refractivity contribution in [1.82, 2.24) is 15.5 Å². The molecule has 6 heteroatoms. The van der Waals surface area contributed by atoms with Gasteiger partial charge in [0.05, 0.1) is 5.69 Å². The van der Waals surface area contributed by atoms with Crippen molar-refractivity contribution in [3.8, 4) is 11.6 Å². The molecule has 0 atom stereocenters. The largest absolute Gasteiger partial charge is 0.434 e. The topological polar surface area (TPSA) is 53.5 Å². The minimum absolute atomic E-state index is 0.565. The minimum atomic E-state index is 0.565. The third kappa shape index (κ3) is 2.08. The highest BCUT2D eigenvalue weighted by Gasteiger charge is 2.24. The third-order valence-corrected chi connectivity index (χ3v) is 3.96. The predicted molar refractivity (Wildman–Crippen MR) is 81.7 cm³/mol. The summed E-state index contributed by atoms with van der Waals surface area (Å²) >= 11 is 0.